The Morgan fingerprint density at radius 2 is 2.00 bits per heavy atom. The van der Waals surface area contributed by atoms with Gasteiger partial charge in [-0.15, -0.1) is 0 Å². The number of rotatable bonds is 2. The van der Waals surface area contributed by atoms with Crippen molar-refractivity contribution in [1.82, 2.24) is 4.57 Å². The highest BCUT2D eigenvalue weighted by Crippen LogP contribution is 2.25. The largest absolute Gasteiger partial charge is 0.399 e. The molecule has 0 atom stereocenters. The van der Waals surface area contributed by atoms with E-state index in [0.29, 0.717) is 12.6 Å². The second-order valence-corrected chi connectivity index (χ2v) is 4.12. The molecule has 1 aromatic heterocycles. The van der Waals surface area contributed by atoms with Gasteiger partial charge in [0.05, 0.1) is 5.52 Å². The fraction of sp³-hybridized carbons (Fsp3) is 0.333. The lowest BCUT2D eigenvalue weighted by Gasteiger charge is -2.13. The van der Waals surface area contributed by atoms with Gasteiger partial charge in [0.1, 0.15) is 0 Å². The molecule has 0 spiro atoms. The maximum Gasteiger partial charge on any atom is 0.0506 e. The topological polar surface area (TPSA) is 57.0 Å². The molecule has 0 bridgehead atoms. The second kappa shape index (κ2) is 3.59. The third kappa shape index (κ3) is 1.59. The van der Waals surface area contributed by atoms with Crippen LogP contribution in [0.25, 0.3) is 10.9 Å². The predicted molar refractivity (Wildman–Crippen MR) is 64.6 cm³/mol. The van der Waals surface area contributed by atoms with Crippen molar-refractivity contribution in [3.8, 4) is 0 Å². The van der Waals surface area contributed by atoms with Gasteiger partial charge in [0, 0.05) is 29.4 Å². The van der Waals surface area contributed by atoms with E-state index < -0.39 is 0 Å². The van der Waals surface area contributed by atoms with E-state index in [1.807, 2.05) is 18.2 Å². The number of nitrogen functional groups attached to an aromatic ring is 1. The summed E-state index contributed by atoms with van der Waals surface area (Å²) in [6, 6.07) is 8.52. The third-order valence-electron chi connectivity index (χ3n) is 2.67. The van der Waals surface area contributed by atoms with E-state index in [4.69, 9.17) is 11.5 Å². The smallest absolute Gasteiger partial charge is 0.0506 e. The van der Waals surface area contributed by atoms with Crippen LogP contribution in [0.3, 0.4) is 0 Å². The Balaban J connectivity index is 2.76. The minimum Gasteiger partial charge on any atom is -0.399 e. The highest BCUT2D eigenvalue weighted by atomic mass is 15.0. The summed E-state index contributed by atoms with van der Waals surface area (Å²) in [5.41, 5.74) is 14.7. The van der Waals surface area contributed by atoms with Gasteiger partial charge in [-0.05, 0) is 32.0 Å². The maximum absolute atomic E-state index is 5.80. The molecule has 0 aliphatic carbocycles. The van der Waals surface area contributed by atoms with E-state index in [9.17, 15) is 0 Å². The van der Waals surface area contributed by atoms with E-state index in [1.54, 1.807) is 0 Å². The molecule has 0 aliphatic rings. The molecule has 15 heavy (non-hydrogen) atoms. The van der Waals surface area contributed by atoms with Gasteiger partial charge >= 0.3 is 0 Å². The van der Waals surface area contributed by atoms with Gasteiger partial charge in [-0.1, -0.05) is 6.07 Å². The van der Waals surface area contributed by atoms with Crippen molar-refractivity contribution in [2.75, 3.05) is 5.73 Å². The summed E-state index contributed by atoms with van der Waals surface area (Å²) in [6.07, 6.45) is 0. The van der Waals surface area contributed by atoms with Crippen LogP contribution in [0.2, 0.25) is 0 Å². The van der Waals surface area contributed by atoms with E-state index >= 15 is 0 Å². The monoisotopic (exact) mass is 203 g/mol. The SMILES string of the molecule is CC(C)n1c(CN)cc2ccc(N)cc21. The quantitative estimate of drug-likeness (QED) is 0.735. The molecule has 4 N–H and O–H groups in total. The summed E-state index contributed by atoms with van der Waals surface area (Å²) < 4.78 is 2.24. The lowest BCUT2D eigenvalue weighted by molar-refractivity contribution is 0.595. The summed E-state index contributed by atoms with van der Waals surface area (Å²) in [4.78, 5) is 0. The van der Waals surface area contributed by atoms with Crippen LogP contribution in [-0.4, -0.2) is 4.57 Å². The van der Waals surface area contributed by atoms with Crippen molar-refractivity contribution in [2.45, 2.75) is 26.4 Å². The lowest BCUT2D eigenvalue weighted by Crippen LogP contribution is -2.09. The molecule has 80 valence electrons. The van der Waals surface area contributed by atoms with Crippen LogP contribution in [0.15, 0.2) is 24.3 Å². The van der Waals surface area contributed by atoms with Crippen molar-refractivity contribution in [3.63, 3.8) is 0 Å². The molecular formula is C12H17N3. The molecule has 3 nitrogen and oxygen atoms in total. The predicted octanol–water partition coefficient (Wildman–Crippen LogP) is 2.26. The molecule has 2 aromatic rings. The molecule has 3 heteroatoms. The van der Waals surface area contributed by atoms with Crippen LogP contribution in [0.1, 0.15) is 25.6 Å². The molecular weight excluding hydrogens is 186 g/mol. The molecule has 0 saturated carbocycles. The zero-order valence-corrected chi connectivity index (χ0v) is 9.20. The highest BCUT2D eigenvalue weighted by molar-refractivity contribution is 5.84. The van der Waals surface area contributed by atoms with Crippen LogP contribution in [0.4, 0.5) is 5.69 Å². The number of nitrogens with zero attached hydrogens (tertiary/aromatic N) is 1. The van der Waals surface area contributed by atoms with Gasteiger partial charge in [-0.2, -0.15) is 0 Å². The number of anilines is 1. The maximum atomic E-state index is 5.80. The molecule has 0 fully saturated rings. The number of aromatic nitrogens is 1. The van der Waals surface area contributed by atoms with Gasteiger partial charge in [0.15, 0.2) is 0 Å². The average Bonchev–Trinajstić information content (AvgIpc) is 2.55. The molecule has 0 aliphatic heterocycles. The first-order valence-corrected chi connectivity index (χ1v) is 5.23. The van der Waals surface area contributed by atoms with Gasteiger partial charge < -0.3 is 16.0 Å². The van der Waals surface area contributed by atoms with Gasteiger partial charge in [0.25, 0.3) is 0 Å². The fourth-order valence-corrected chi connectivity index (χ4v) is 2.06. The van der Waals surface area contributed by atoms with Crippen LogP contribution in [0.5, 0.6) is 0 Å². The molecule has 0 unspecified atom stereocenters. The standard InChI is InChI=1S/C12H17N3/c1-8(2)15-11(7-13)5-9-3-4-10(14)6-12(9)15/h3-6,8H,7,13-14H2,1-2H3. The summed E-state index contributed by atoms with van der Waals surface area (Å²) >= 11 is 0. The average molecular weight is 203 g/mol. The minimum absolute atomic E-state index is 0.405. The summed E-state index contributed by atoms with van der Waals surface area (Å²) in [5.74, 6) is 0. The highest BCUT2D eigenvalue weighted by Gasteiger charge is 2.09. The van der Waals surface area contributed by atoms with E-state index in [0.717, 1.165) is 11.4 Å². The number of hydrogen-bond donors (Lipinski definition) is 2. The van der Waals surface area contributed by atoms with Gasteiger partial charge in [0.2, 0.25) is 0 Å². The number of hydrogen-bond acceptors (Lipinski definition) is 2. The Morgan fingerprint density at radius 3 is 2.60 bits per heavy atom. The Labute approximate surface area is 89.7 Å². The summed E-state index contributed by atoms with van der Waals surface area (Å²) in [5, 5.41) is 1.21. The molecule has 2 rings (SSSR count). The summed E-state index contributed by atoms with van der Waals surface area (Å²) in [6.45, 7) is 4.87. The lowest BCUT2D eigenvalue weighted by atomic mass is 10.2. The van der Waals surface area contributed by atoms with Crippen molar-refractivity contribution < 1.29 is 0 Å². The summed E-state index contributed by atoms with van der Waals surface area (Å²) in [7, 11) is 0. The van der Waals surface area contributed by atoms with Crippen molar-refractivity contribution in [1.29, 1.82) is 0 Å². The normalized spacial score (nSPS) is 11.5. The van der Waals surface area contributed by atoms with Crippen molar-refractivity contribution in [3.05, 3.63) is 30.0 Å². The van der Waals surface area contributed by atoms with Gasteiger partial charge in [-0.25, -0.2) is 0 Å². The van der Waals surface area contributed by atoms with Crippen LogP contribution < -0.4 is 11.5 Å². The molecule has 0 radical (unpaired) electrons. The zero-order chi connectivity index (χ0) is 11.0. The Kier molecular flexibility index (Phi) is 2.40. The Morgan fingerprint density at radius 1 is 1.27 bits per heavy atom. The first-order valence-electron chi connectivity index (χ1n) is 5.23. The van der Waals surface area contributed by atoms with Gasteiger partial charge in [-0.3, -0.25) is 0 Å². The van der Waals surface area contributed by atoms with Crippen LogP contribution in [-0.2, 0) is 6.54 Å². The molecule has 0 saturated heterocycles. The first kappa shape index (κ1) is 10.1. The van der Waals surface area contributed by atoms with Crippen molar-refractivity contribution in [2.24, 2.45) is 5.73 Å². The molecule has 0 amide bonds. The molecule has 1 aromatic carbocycles. The number of benzene rings is 1. The van der Waals surface area contributed by atoms with Crippen LogP contribution in [0, 0.1) is 0 Å². The first-order chi connectivity index (χ1) is 7.13. The number of nitrogens with two attached hydrogens (primary N) is 2. The number of fused-ring (bicyclic) bond motifs is 1. The van der Waals surface area contributed by atoms with Crippen LogP contribution >= 0.6 is 0 Å². The Bertz CT molecular complexity index is 483. The van der Waals surface area contributed by atoms with E-state index in [2.05, 4.69) is 24.5 Å². The van der Waals surface area contributed by atoms with E-state index in [1.165, 1.54) is 10.9 Å². The van der Waals surface area contributed by atoms with E-state index in [-0.39, 0.29) is 0 Å². The van der Waals surface area contributed by atoms with Crippen molar-refractivity contribution >= 4 is 16.6 Å². The Hall–Kier alpha value is -1.48. The minimum atomic E-state index is 0.405. The second-order valence-electron chi connectivity index (χ2n) is 4.12. The fourth-order valence-electron chi connectivity index (χ4n) is 2.06. The third-order valence-corrected chi connectivity index (χ3v) is 2.67. The molecule has 1 heterocycles. The zero-order valence-electron chi connectivity index (χ0n) is 9.20.